The van der Waals surface area contributed by atoms with Crippen LogP contribution in [0.5, 0.6) is 0 Å². The van der Waals surface area contributed by atoms with Crippen LogP contribution in [0.2, 0.25) is 0 Å². The van der Waals surface area contributed by atoms with Crippen molar-refractivity contribution < 1.29 is 37.0 Å². The fourth-order valence-electron chi connectivity index (χ4n) is 1.58. The van der Waals surface area contributed by atoms with E-state index >= 15 is 0 Å². The van der Waals surface area contributed by atoms with Crippen molar-refractivity contribution in [2.45, 2.75) is 30.7 Å². The van der Waals surface area contributed by atoms with E-state index in [1.807, 2.05) is 5.32 Å². The molecule has 1 heterocycles. The molecule has 0 saturated carbocycles. The topological polar surface area (TPSA) is 69.6 Å². The van der Waals surface area contributed by atoms with Gasteiger partial charge in [-0.2, -0.15) is 22.0 Å². The second-order valence-electron chi connectivity index (χ2n) is 3.78. The van der Waals surface area contributed by atoms with Crippen LogP contribution in [0.3, 0.4) is 0 Å². The SMILES string of the molecule is O=C1NCCCC1C(O)(O)C(F)(F)C(F)(F)F. The first-order valence-corrected chi connectivity index (χ1v) is 4.69. The Morgan fingerprint density at radius 2 is 1.71 bits per heavy atom. The Morgan fingerprint density at radius 3 is 2.12 bits per heavy atom. The van der Waals surface area contributed by atoms with E-state index in [1.54, 1.807) is 0 Å². The van der Waals surface area contributed by atoms with E-state index in [1.165, 1.54) is 0 Å². The second kappa shape index (κ2) is 4.05. The maximum absolute atomic E-state index is 12.9. The molecule has 0 aromatic rings. The first kappa shape index (κ1) is 14.1. The third kappa shape index (κ3) is 2.21. The maximum Gasteiger partial charge on any atom is 0.459 e. The van der Waals surface area contributed by atoms with Gasteiger partial charge >= 0.3 is 12.1 Å². The molecular weight excluding hydrogens is 253 g/mol. The first-order valence-electron chi connectivity index (χ1n) is 4.69. The molecule has 3 N–H and O–H groups in total. The Kier molecular flexibility index (Phi) is 3.36. The maximum atomic E-state index is 12.9. The van der Waals surface area contributed by atoms with Crippen molar-refractivity contribution >= 4 is 5.91 Å². The van der Waals surface area contributed by atoms with Gasteiger partial charge in [0.25, 0.3) is 0 Å². The van der Waals surface area contributed by atoms with Crippen LogP contribution < -0.4 is 5.32 Å². The van der Waals surface area contributed by atoms with Crippen LogP contribution in [0, 0.1) is 5.92 Å². The third-order valence-electron chi connectivity index (χ3n) is 2.59. The number of nitrogens with one attached hydrogen (secondary N) is 1. The zero-order valence-electron chi connectivity index (χ0n) is 8.39. The molecule has 1 aliphatic heterocycles. The van der Waals surface area contributed by atoms with Crippen molar-refractivity contribution in [2.24, 2.45) is 5.92 Å². The van der Waals surface area contributed by atoms with Gasteiger partial charge in [-0.05, 0) is 12.8 Å². The first-order chi connectivity index (χ1) is 7.52. The molecule has 0 radical (unpaired) electrons. The van der Waals surface area contributed by atoms with E-state index < -0.39 is 36.1 Å². The number of halogens is 5. The molecule has 17 heavy (non-hydrogen) atoms. The smallest absolute Gasteiger partial charge is 0.360 e. The van der Waals surface area contributed by atoms with E-state index in [2.05, 4.69) is 0 Å². The monoisotopic (exact) mass is 263 g/mol. The van der Waals surface area contributed by atoms with Crippen LogP contribution in [0.15, 0.2) is 0 Å². The lowest BCUT2D eigenvalue weighted by Gasteiger charge is -2.38. The standard InChI is InChI=1S/C8H10F5NO3/c9-7(10,8(11,12)13)6(16,17)4-2-1-3-14-5(4)15/h4,16-17H,1-3H2,(H,14,15). The van der Waals surface area contributed by atoms with E-state index in [-0.39, 0.29) is 13.0 Å². The largest absolute Gasteiger partial charge is 0.459 e. The molecule has 0 spiro atoms. The Bertz CT molecular complexity index is 315. The van der Waals surface area contributed by atoms with Gasteiger partial charge in [-0.25, -0.2) is 0 Å². The van der Waals surface area contributed by atoms with E-state index in [0.29, 0.717) is 0 Å². The van der Waals surface area contributed by atoms with Gasteiger partial charge < -0.3 is 15.5 Å². The summed E-state index contributed by atoms with van der Waals surface area (Å²) in [4.78, 5) is 11.1. The lowest BCUT2D eigenvalue weighted by atomic mass is 9.85. The zero-order valence-corrected chi connectivity index (χ0v) is 8.39. The zero-order chi connectivity index (χ0) is 13.5. The lowest BCUT2D eigenvalue weighted by molar-refractivity contribution is -0.405. The minimum atomic E-state index is -6.14. The number of carbonyl (C=O) groups is 1. The molecule has 4 nitrogen and oxygen atoms in total. The summed E-state index contributed by atoms with van der Waals surface area (Å²) in [5.41, 5.74) is 0. The quantitative estimate of drug-likeness (QED) is 0.498. The fourth-order valence-corrected chi connectivity index (χ4v) is 1.58. The third-order valence-corrected chi connectivity index (χ3v) is 2.59. The van der Waals surface area contributed by atoms with Gasteiger partial charge in [0.15, 0.2) is 0 Å². The van der Waals surface area contributed by atoms with Crippen molar-refractivity contribution in [3.05, 3.63) is 0 Å². The van der Waals surface area contributed by atoms with Gasteiger partial charge in [0.05, 0.1) is 5.92 Å². The molecule has 1 fully saturated rings. The Balaban J connectivity index is 3.04. The summed E-state index contributed by atoms with van der Waals surface area (Å²) in [5, 5.41) is 20.0. The average molecular weight is 263 g/mol. The second-order valence-corrected chi connectivity index (χ2v) is 3.78. The Hall–Kier alpha value is -0.960. The molecule has 1 amide bonds. The van der Waals surface area contributed by atoms with Crippen molar-refractivity contribution in [1.29, 1.82) is 0 Å². The fraction of sp³-hybridized carbons (Fsp3) is 0.875. The van der Waals surface area contributed by atoms with Crippen LogP contribution in [0.25, 0.3) is 0 Å². The molecule has 0 aromatic heterocycles. The van der Waals surface area contributed by atoms with Gasteiger partial charge in [0, 0.05) is 6.54 Å². The van der Waals surface area contributed by atoms with E-state index in [0.717, 1.165) is 0 Å². The summed E-state index contributed by atoms with van der Waals surface area (Å²) in [6.45, 7) is 0.100. The summed E-state index contributed by atoms with van der Waals surface area (Å²) in [6, 6.07) is 0. The number of carbonyl (C=O) groups excluding carboxylic acids is 1. The normalized spacial score (nSPS) is 23.5. The van der Waals surface area contributed by atoms with Gasteiger partial charge in [0.2, 0.25) is 11.7 Å². The molecular formula is C8H10F5NO3. The number of piperidine rings is 1. The highest BCUT2D eigenvalue weighted by atomic mass is 19.4. The number of rotatable bonds is 2. The van der Waals surface area contributed by atoms with Crippen LogP contribution in [0.4, 0.5) is 22.0 Å². The van der Waals surface area contributed by atoms with Crippen molar-refractivity contribution in [3.63, 3.8) is 0 Å². The molecule has 1 rings (SSSR count). The minimum absolute atomic E-state index is 0.0905. The Labute approximate surface area is 92.4 Å². The number of alkyl halides is 5. The van der Waals surface area contributed by atoms with Crippen molar-refractivity contribution in [1.82, 2.24) is 5.32 Å². The predicted molar refractivity (Wildman–Crippen MR) is 43.9 cm³/mol. The van der Waals surface area contributed by atoms with Crippen LogP contribution in [-0.4, -0.2) is 40.6 Å². The average Bonchev–Trinajstić information content (AvgIpc) is 2.16. The minimum Gasteiger partial charge on any atom is -0.360 e. The van der Waals surface area contributed by atoms with Crippen LogP contribution >= 0.6 is 0 Å². The van der Waals surface area contributed by atoms with Crippen molar-refractivity contribution in [3.8, 4) is 0 Å². The predicted octanol–water partition coefficient (Wildman–Crippen LogP) is 0.391. The number of hydrogen-bond donors (Lipinski definition) is 3. The molecule has 0 aromatic carbocycles. The molecule has 1 atom stereocenters. The molecule has 1 saturated heterocycles. The highest BCUT2D eigenvalue weighted by molar-refractivity contribution is 5.80. The summed E-state index contributed by atoms with van der Waals surface area (Å²) in [5.74, 6) is -13.7. The molecule has 0 bridgehead atoms. The molecule has 1 unspecified atom stereocenters. The Morgan fingerprint density at radius 1 is 1.18 bits per heavy atom. The molecule has 0 aliphatic carbocycles. The van der Waals surface area contributed by atoms with Crippen LogP contribution in [-0.2, 0) is 4.79 Å². The van der Waals surface area contributed by atoms with Gasteiger partial charge in [0.1, 0.15) is 0 Å². The molecule has 9 heteroatoms. The highest BCUT2D eigenvalue weighted by Crippen LogP contribution is 2.46. The summed E-state index contributed by atoms with van der Waals surface area (Å²) < 4.78 is 61.8. The lowest BCUT2D eigenvalue weighted by Crippen LogP contribution is -2.64. The molecule has 1 aliphatic rings. The summed E-state index contributed by atoms with van der Waals surface area (Å²) in [7, 11) is 0. The van der Waals surface area contributed by atoms with Gasteiger partial charge in [-0.1, -0.05) is 0 Å². The summed E-state index contributed by atoms with van der Waals surface area (Å²) >= 11 is 0. The van der Waals surface area contributed by atoms with Gasteiger partial charge in [-0.15, -0.1) is 0 Å². The number of aliphatic hydroxyl groups is 2. The summed E-state index contributed by atoms with van der Waals surface area (Å²) in [6.07, 6.45) is -6.51. The number of amides is 1. The van der Waals surface area contributed by atoms with Crippen molar-refractivity contribution in [2.75, 3.05) is 6.54 Å². The highest BCUT2D eigenvalue weighted by Gasteiger charge is 2.73. The van der Waals surface area contributed by atoms with Crippen LogP contribution in [0.1, 0.15) is 12.8 Å². The van der Waals surface area contributed by atoms with E-state index in [4.69, 9.17) is 10.2 Å². The molecule has 100 valence electrons. The number of hydrogen-bond acceptors (Lipinski definition) is 3. The van der Waals surface area contributed by atoms with E-state index in [9.17, 15) is 26.7 Å². The van der Waals surface area contributed by atoms with Gasteiger partial charge in [-0.3, -0.25) is 4.79 Å².